The summed E-state index contributed by atoms with van der Waals surface area (Å²) in [5.74, 6) is -0.435. The first kappa shape index (κ1) is 11.0. The van der Waals surface area contributed by atoms with Crippen molar-refractivity contribution in [1.82, 2.24) is 0 Å². The van der Waals surface area contributed by atoms with Crippen LogP contribution in [0, 0.1) is 0 Å². The summed E-state index contributed by atoms with van der Waals surface area (Å²) in [6, 6.07) is 0. The van der Waals surface area contributed by atoms with Gasteiger partial charge in [-0.3, -0.25) is 9.59 Å². The summed E-state index contributed by atoms with van der Waals surface area (Å²) in [7, 11) is 0. The maximum Gasteiger partial charge on any atom is 0.303 e. The van der Waals surface area contributed by atoms with Crippen LogP contribution in [0.15, 0.2) is 11.6 Å². The Morgan fingerprint density at radius 3 is 2.50 bits per heavy atom. The molecule has 0 N–H and O–H groups in total. The molecule has 0 saturated heterocycles. The van der Waals surface area contributed by atoms with Crippen molar-refractivity contribution in [3.05, 3.63) is 11.6 Å². The van der Waals surface area contributed by atoms with Crippen molar-refractivity contribution in [3.63, 3.8) is 0 Å². The van der Waals surface area contributed by atoms with Gasteiger partial charge < -0.3 is 4.74 Å². The number of ether oxygens (including phenoxy) is 1. The van der Waals surface area contributed by atoms with Gasteiger partial charge in [-0.05, 0) is 26.7 Å². The lowest BCUT2D eigenvalue weighted by molar-refractivity contribution is -0.166. The van der Waals surface area contributed by atoms with Crippen molar-refractivity contribution in [2.75, 3.05) is 0 Å². The maximum absolute atomic E-state index is 11.5. The average molecular weight is 196 g/mol. The Morgan fingerprint density at radius 1 is 1.43 bits per heavy atom. The second kappa shape index (κ2) is 3.95. The van der Waals surface area contributed by atoms with Crippen molar-refractivity contribution in [1.29, 1.82) is 0 Å². The Kier molecular flexibility index (Phi) is 3.09. The standard InChI is InChI=1S/C11H16O3/c1-8-5-4-6-11(7-8,9(2)12)14-10(3)13/h5H,4,6-7H2,1-3H3. The Morgan fingerprint density at radius 2 is 2.07 bits per heavy atom. The van der Waals surface area contributed by atoms with E-state index >= 15 is 0 Å². The fourth-order valence-corrected chi connectivity index (χ4v) is 1.90. The van der Waals surface area contributed by atoms with E-state index in [2.05, 4.69) is 6.08 Å². The van der Waals surface area contributed by atoms with Gasteiger partial charge in [-0.25, -0.2) is 0 Å². The molecular formula is C11H16O3. The summed E-state index contributed by atoms with van der Waals surface area (Å²) >= 11 is 0. The van der Waals surface area contributed by atoms with Crippen LogP contribution in [0.4, 0.5) is 0 Å². The van der Waals surface area contributed by atoms with Gasteiger partial charge >= 0.3 is 5.97 Å². The summed E-state index contributed by atoms with van der Waals surface area (Å²) in [5, 5.41) is 0. The van der Waals surface area contributed by atoms with Crippen molar-refractivity contribution in [2.24, 2.45) is 0 Å². The molecule has 0 heterocycles. The number of hydrogen-bond acceptors (Lipinski definition) is 3. The molecule has 3 nitrogen and oxygen atoms in total. The Balaban J connectivity index is 2.88. The Hall–Kier alpha value is -1.12. The molecular weight excluding hydrogens is 180 g/mol. The second-order valence-corrected chi connectivity index (χ2v) is 3.91. The van der Waals surface area contributed by atoms with Gasteiger partial charge in [-0.15, -0.1) is 0 Å². The normalized spacial score (nSPS) is 26.6. The quantitative estimate of drug-likeness (QED) is 0.501. The van der Waals surface area contributed by atoms with Gasteiger partial charge in [0.25, 0.3) is 0 Å². The highest BCUT2D eigenvalue weighted by molar-refractivity contribution is 5.88. The lowest BCUT2D eigenvalue weighted by Gasteiger charge is -2.33. The molecule has 3 heteroatoms. The number of ketones is 1. The third-order valence-corrected chi connectivity index (χ3v) is 2.59. The highest BCUT2D eigenvalue weighted by Crippen LogP contribution is 2.32. The molecule has 0 bridgehead atoms. The molecule has 78 valence electrons. The lowest BCUT2D eigenvalue weighted by atomic mass is 9.82. The van der Waals surface area contributed by atoms with Crippen LogP contribution in [0.25, 0.3) is 0 Å². The van der Waals surface area contributed by atoms with Crippen LogP contribution >= 0.6 is 0 Å². The number of allylic oxidation sites excluding steroid dienone is 1. The smallest absolute Gasteiger partial charge is 0.303 e. The topological polar surface area (TPSA) is 43.4 Å². The van der Waals surface area contributed by atoms with E-state index < -0.39 is 5.60 Å². The van der Waals surface area contributed by atoms with Crippen molar-refractivity contribution >= 4 is 11.8 Å². The Labute approximate surface area is 84.1 Å². The predicted octanol–water partition coefficient (Wildman–Crippen LogP) is 2.01. The fourth-order valence-electron chi connectivity index (χ4n) is 1.90. The molecule has 1 aliphatic rings. The third kappa shape index (κ3) is 2.22. The fraction of sp³-hybridized carbons (Fsp3) is 0.636. The van der Waals surface area contributed by atoms with Crippen LogP contribution in [0.3, 0.4) is 0 Å². The molecule has 0 aromatic heterocycles. The highest BCUT2D eigenvalue weighted by Gasteiger charge is 2.39. The number of carbonyl (C=O) groups excluding carboxylic acids is 2. The van der Waals surface area contributed by atoms with Gasteiger partial charge in [0, 0.05) is 13.3 Å². The monoisotopic (exact) mass is 196 g/mol. The molecule has 0 radical (unpaired) electrons. The van der Waals surface area contributed by atoms with Crippen LogP contribution in [-0.2, 0) is 14.3 Å². The van der Waals surface area contributed by atoms with E-state index in [1.165, 1.54) is 13.8 Å². The number of esters is 1. The first-order chi connectivity index (χ1) is 6.46. The van der Waals surface area contributed by atoms with Gasteiger partial charge in [-0.2, -0.15) is 0 Å². The summed E-state index contributed by atoms with van der Waals surface area (Å²) in [5.41, 5.74) is 0.234. The van der Waals surface area contributed by atoms with E-state index in [0.717, 1.165) is 12.0 Å². The maximum atomic E-state index is 11.5. The highest BCUT2D eigenvalue weighted by atomic mass is 16.6. The van der Waals surface area contributed by atoms with E-state index in [4.69, 9.17) is 4.74 Å². The molecule has 0 aliphatic heterocycles. The summed E-state index contributed by atoms with van der Waals surface area (Å²) in [6.45, 7) is 4.79. The summed E-state index contributed by atoms with van der Waals surface area (Å²) in [4.78, 5) is 22.4. The average Bonchev–Trinajstić information content (AvgIpc) is 2.02. The van der Waals surface area contributed by atoms with Crippen LogP contribution in [0.2, 0.25) is 0 Å². The molecule has 1 aliphatic carbocycles. The predicted molar refractivity (Wildman–Crippen MR) is 52.8 cm³/mol. The molecule has 1 rings (SSSR count). The molecule has 0 amide bonds. The van der Waals surface area contributed by atoms with Crippen LogP contribution in [0.1, 0.15) is 40.0 Å². The largest absolute Gasteiger partial charge is 0.451 e. The molecule has 0 saturated carbocycles. The van der Waals surface area contributed by atoms with Crippen molar-refractivity contribution in [2.45, 2.75) is 45.6 Å². The van der Waals surface area contributed by atoms with Gasteiger partial charge in [-0.1, -0.05) is 11.6 Å². The van der Waals surface area contributed by atoms with Crippen LogP contribution in [0.5, 0.6) is 0 Å². The zero-order valence-corrected chi connectivity index (χ0v) is 8.92. The first-order valence-corrected chi connectivity index (χ1v) is 4.82. The summed E-state index contributed by atoms with van der Waals surface area (Å²) < 4.78 is 5.18. The van der Waals surface area contributed by atoms with E-state index in [9.17, 15) is 9.59 Å². The van der Waals surface area contributed by atoms with Crippen molar-refractivity contribution < 1.29 is 14.3 Å². The zero-order chi connectivity index (χ0) is 10.8. The molecule has 0 fully saturated rings. The summed E-state index contributed by atoms with van der Waals surface area (Å²) in [6.07, 6.45) is 4.05. The number of Topliss-reactive ketones (excluding diaryl/α,β-unsaturated/α-hetero) is 1. The lowest BCUT2D eigenvalue weighted by Crippen LogP contribution is -2.43. The van der Waals surface area contributed by atoms with Gasteiger partial charge in [0.1, 0.15) is 0 Å². The molecule has 0 aromatic rings. The van der Waals surface area contributed by atoms with E-state index in [1.54, 1.807) is 0 Å². The zero-order valence-electron chi connectivity index (χ0n) is 8.92. The number of rotatable bonds is 2. The van der Waals surface area contributed by atoms with Crippen molar-refractivity contribution in [3.8, 4) is 0 Å². The SMILES string of the molecule is CC(=O)OC1(C(C)=O)CCC=C(C)C1. The minimum atomic E-state index is -0.884. The third-order valence-electron chi connectivity index (χ3n) is 2.59. The second-order valence-electron chi connectivity index (χ2n) is 3.91. The molecule has 1 unspecified atom stereocenters. The van der Waals surface area contributed by atoms with Gasteiger partial charge in [0.15, 0.2) is 11.4 Å². The van der Waals surface area contributed by atoms with E-state index in [0.29, 0.717) is 12.8 Å². The molecule has 0 aromatic carbocycles. The van der Waals surface area contributed by atoms with Crippen LogP contribution < -0.4 is 0 Å². The molecule has 14 heavy (non-hydrogen) atoms. The number of hydrogen-bond donors (Lipinski definition) is 0. The minimum Gasteiger partial charge on any atom is -0.451 e. The van der Waals surface area contributed by atoms with E-state index in [1.807, 2.05) is 6.92 Å². The van der Waals surface area contributed by atoms with E-state index in [-0.39, 0.29) is 11.8 Å². The first-order valence-electron chi connectivity index (χ1n) is 4.82. The van der Waals surface area contributed by atoms with Crippen LogP contribution in [-0.4, -0.2) is 17.4 Å². The minimum absolute atomic E-state index is 0.0554. The van der Waals surface area contributed by atoms with Gasteiger partial charge in [0.05, 0.1) is 0 Å². The number of carbonyl (C=O) groups is 2. The molecule has 1 atom stereocenters. The van der Waals surface area contributed by atoms with Gasteiger partial charge in [0.2, 0.25) is 0 Å². The Bertz CT molecular complexity index is 291. The molecule has 0 spiro atoms.